The second-order valence-corrected chi connectivity index (χ2v) is 6.27. The smallest absolute Gasteiger partial charge is 0.289 e. The van der Waals surface area contributed by atoms with E-state index < -0.39 is 25.5 Å². The van der Waals surface area contributed by atoms with Crippen LogP contribution in [-0.2, 0) is 14.8 Å². The molecule has 2 rings (SSSR count). The number of benzene rings is 1. The van der Waals surface area contributed by atoms with Gasteiger partial charge >= 0.3 is 0 Å². The highest BCUT2D eigenvalue weighted by Crippen LogP contribution is 2.27. The summed E-state index contributed by atoms with van der Waals surface area (Å²) in [5, 5.41) is 11.0. The van der Waals surface area contributed by atoms with Crippen molar-refractivity contribution >= 4 is 21.4 Å². The lowest BCUT2D eigenvalue weighted by atomic mass is 10.1. The average molecular weight is 316 g/mol. The first-order valence-electron chi connectivity index (χ1n) is 6.29. The fourth-order valence-electron chi connectivity index (χ4n) is 2.07. The van der Waals surface area contributed by atoms with Crippen LogP contribution in [0.2, 0.25) is 0 Å². The topological polar surface area (TPSA) is 137 Å². The highest BCUT2D eigenvalue weighted by Gasteiger charge is 2.29. The summed E-state index contributed by atoms with van der Waals surface area (Å²) >= 11 is 0. The summed E-state index contributed by atoms with van der Waals surface area (Å²) in [6, 6.07) is 3.29. The van der Waals surface area contributed by atoms with Gasteiger partial charge in [0.2, 0.25) is 10.0 Å². The van der Waals surface area contributed by atoms with E-state index in [4.69, 9.17) is 10.6 Å². The lowest BCUT2D eigenvalue weighted by Crippen LogP contribution is -2.39. The van der Waals surface area contributed by atoms with Gasteiger partial charge in [-0.1, -0.05) is 0 Å². The fraction of sp³-hybridized carbons (Fsp3) is 0.455. The van der Waals surface area contributed by atoms with Crippen molar-refractivity contribution in [2.24, 2.45) is 5.84 Å². The molecule has 1 aromatic rings. The van der Waals surface area contributed by atoms with Crippen LogP contribution in [0.3, 0.4) is 0 Å². The van der Waals surface area contributed by atoms with Gasteiger partial charge in [0.15, 0.2) is 4.90 Å². The first-order valence-corrected chi connectivity index (χ1v) is 7.77. The van der Waals surface area contributed by atoms with Crippen molar-refractivity contribution in [1.29, 1.82) is 0 Å². The molecule has 4 N–H and O–H groups in total. The maximum absolute atomic E-state index is 12.4. The number of hydrogen-bond acceptors (Lipinski definition) is 7. The number of hydrogen-bond donors (Lipinski definition) is 3. The third-order valence-electron chi connectivity index (χ3n) is 3.16. The normalized spacial score (nSPS) is 16.6. The van der Waals surface area contributed by atoms with Gasteiger partial charge in [-0.15, -0.1) is 0 Å². The summed E-state index contributed by atoms with van der Waals surface area (Å²) in [4.78, 5) is 9.86. The van der Waals surface area contributed by atoms with E-state index in [1.165, 1.54) is 6.07 Å². The van der Waals surface area contributed by atoms with Gasteiger partial charge < -0.3 is 10.2 Å². The highest BCUT2D eigenvalue weighted by atomic mass is 32.2. The molecule has 1 fully saturated rings. The van der Waals surface area contributed by atoms with Crippen LogP contribution in [0.15, 0.2) is 23.1 Å². The van der Waals surface area contributed by atoms with Crippen LogP contribution in [0, 0.1) is 10.1 Å². The number of ether oxygens (including phenoxy) is 1. The van der Waals surface area contributed by atoms with Gasteiger partial charge in [0.1, 0.15) is 0 Å². The Morgan fingerprint density at radius 1 is 1.33 bits per heavy atom. The van der Waals surface area contributed by atoms with Gasteiger partial charge in [0, 0.05) is 25.3 Å². The molecule has 0 amide bonds. The number of nitrogens with zero attached hydrogens (tertiary/aromatic N) is 1. The van der Waals surface area contributed by atoms with Crippen molar-refractivity contribution in [3.63, 3.8) is 0 Å². The summed E-state index contributed by atoms with van der Waals surface area (Å²) in [5.74, 6) is 5.22. The third kappa shape index (κ3) is 3.67. The second kappa shape index (κ2) is 6.35. The molecule has 0 unspecified atom stereocenters. The molecule has 1 saturated heterocycles. The van der Waals surface area contributed by atoms with E-state index in [2.05, 4.69) is 10.1 Å². The van der Waals surface area contributed by atoms with Crippen molar-refractivity contribution < 1.29 is 18.1 Å². The van der Waals surface area contributed by atoms with E-state index in [-0.39, 0.29) is 11.7 Å². The molecular formula is C11H16N4O5S. The molecule has 1 aliphatic heterocycles. The predicted molar refractivity (Wildman–Crippen MR) is 75.1 cm³/mol. The minimum Gasteiger partial charge on any atom is -0.381 e. The number of nitrogens with one attached hydrogen (secondary N) is 2. The monoisotopic (exact) mass is 316 g/mol. The van der Waals surface area contributed by atoms with Crippen LogP contribution >= 0.6 is 0 Å². The predicted octanol–water partition coefficient (Wildman–Crippen LogP) is 0.338. The first-order chi connectivity index (χ1) is 9.94. The van der Waals surface area contributed by atoms with Crippen LogP contribution < -0.4 is 16.0 Å². The average Bonchev–Trinajstić information content (AvgIpc) is 2.47. The maximum atomic E-state index is 12.4. The SMILES string of the molecule is NNc1ccc([N+](=O)[O-])c(S(=O)(=O)NC2CCOCC2)c1. The van der Waals surface area contributed by atoms with Crippen LogP contribution in [-0.4, -0.2) is 32.6 Å². The molecule has 0 aromatic heterocycles. The van der Waals surface area contributed by atoms with Gasteiger partial charge in [-0.05, 0) is 25.0 Å². The second-order valence-electron chi connectivity index (χ2n) is 4.59. The van der Waals surface area contributed by atoms with Crippen molar-refractivity contribution in [1.82, 2.24) is 4.72 Å². The van der Waals surface area contributed by atoms with Crippen molar-refractivity contribution in [3.8, 4) is 0 Å². The minimum atomic E-state index is -4.01. The molecular weight excluding hydrogens is 300 g/mol. The Morgan fingerprint density at radius 3 is 2.57 bits per heavy atom. The lowest BCUT2D eigenvalue weighted by molar-refractivity contribution is -0.387. The van der Waals surface area contributed by atoms with Gasteiger partial charge in [-0.2, -0.15) is 0 Å². The van der Waals surface area contributed by atoms with Crippen LogP contribution in [0.1, 0.15) is 12.8 Å². The molecule has 1 heterocycles. The van der Waals surface area contributed by atoms with Crippen molar-refractivity contribution in [2.45, 2.75) is 23.8 Å². The molecule has 0 radical (unpaired) electrons. The number of nitro benzene ring substituents is 1. The van der Waals surface area contributed by atoms with Crippen molar-refractivity contribution in [2.75, 3.05) is 18.6 Å². The number of rotatable bonds is 5. The van der Waals surface area contributed by atoms with Gasteiger partial charge in [0.05, 0.1) is 10.6 Å². The minimum absolute atomic E-state index is 0.271. The van der Waals surface area contributed by atoms with Gasteiger partial charge in [0.25, 0.3) is 5.69 Å². The largest absolute Gasteiger partial charge is 0.381 e. The summed E-state index contributed by atoms with van der Waals surface area (Å²) in [6.07, 6.45) is 1.06. The Hall–Kier alpha value is -1.75. The highest BCUT2D eigenvalue weighted by molar-refractivity contribution is 7.89. The Morgan fingerprint density at radius 2 is 2.00 bits per heavy atom. The molecule has 116 valence electrons. The van der Waals surface area contributed by atoms with E-state index in [0.717, 1.165) is 12.1 Å². The summed E-state index contributed by atoms with van der Waals surface area (Å²) in [7, 11) is -4.01. The van der Waals surface area contributed by atoms with E-state index >= 15 is 0 Å². The number of hydrazine groups is 1. The first kappa shape index (κ1) is 15.6. The molecule has 0 spiro atoms. The Kier molecular flexibility index (Phi) is 4.73. The summed E-state index contributed by atoms with van der Waals surface area (Å²) in [6.45, 7) is 0.916. The van der Waals surface area contributed by atoms with E-state index in [9.17, 15) is 18.5 Å². The molecule has 1 aliphatic rings. The van der Waals surface area contributed by atoms with Crippen LogP contribution in [0.4, 0.5) is 11.4 Å². The number of anilines is 1. The van der Waals surface area contributed by atoms with Gasteiger partial charge in [-0.25, -0.2) is 13.1 Å². The van der Waals surface area contributed by atoms with Gasteiger partial charge in [-0.3, -0.25) is 16.0 Å². The molecule has 0 bridgehead atoms. The van der Waals surface area contributed by atoms with Crippen LogP contribution in [0.5, 0.6) is 0 Å². The zero-order valence-corrected chi connectivity index (χ0v) is 11.9. The number of nitrogens with two attached hydrogens (primary N) is 1. The van der Waals surface area contributed by atoms with E-state index in [1.54, 1.807) is 0 Å². The Balaban J connectivity index is 2.35. The summed E-state index contributed by atoms with van der Waals surface area (Å²) < 4.78 is 32.4. The fourth-order valence-corrected chi connectivity index (χ4v) is 3.57. The lowest BCUT2D eigenvalue weighted by Gasteiger charge is -2.23. The number of sulfonamides is 1. The molecule has 1 aromatic carbocycles. The quantitative estimate of drug-likeness (QED) is 0.404. The maximum Gasteiger partial charge on any atom is 0.289 e. The zero-order chi connectivity index (χ0) is 15.5. The van der Waals surface area contributed by atoms with E-state index in [0.29, 0.717) is 26.1 Å². The standard InChI is InChI=1S/C11H16N4O5S/c12-13-9-1-2-10(15(16)17)11(7-9)21(18,19)14-8-3-5-20-6-4-8/h1-2,7-8,13-14H,3-6,12H2. The molecule has 10 heteroatoms. The Labute approximate surface area is 121 Å². The van der Waals surface area contributed by atoms with E-state index in [1.807, 2.05) is 0 Å². The van der Waals surface area contributed by atoms with Crippen molar-refractivity contribution in [3.05, 3.63) is 28.3 Å². The Bertz CT molecular complexity index is 628. The molecule has 9 nitrogen and oxygen atoms in total. The van der Waals surface area contributed by atoms with Crippen LogP contribution in [0.25, 0.3) is 0 Å². The number of nitrogen functional groups attached to an aromatic ring is 1. The molecule has 0 saturated carbocycles. The third-order valence-corrected chi connectivity index (χ3v) is 4.71. The zero-order valence-electron chi connectivity index (χ0n) is 11.1. The molecule has 21 heavy (non-hydrogen) atoms. The molecule has 0 atom stereocenters. The summed E-state index contributed by atoms with van der Waals surface area (Å²) in [5.41, 5.74) is 2.05. The molecule has 0 aliphatic carbocycles. The number of nitro groups is 1.